The molecule has 0 fully saturated rings. The van der Waals surface area contributed by atoms with Crippen LogP contribution in [0.15, 0.2) is 71.4 Å². The molecular formula is C23H23NO4. The fourth-order valence-corrected chi connectivity index (χ4v) is 3.18. The number of carbonyl (C=O) groups excluding carboxylic acids is 2. The molecule has 1 aliphatic rings. The van der Waals surface area contributed by atoms with Gasteiger partial charge in [0.25, 0.3) is 5.91 Å². The first-order chi connectivity index (χ1) is 13.5. The van der Waals surface area contributed by atoms with E-state index in [-0.39, 0.29) is 5.91 Å². The van der Waals surface area contributed by atoms with Crippen molar-refractivity contribution < 1.29 is 19.1 Å². The van der Waals surface area contributed by atoms with Crippen LogP contribution in [0, 0.1) is 0 Å². The number of nitrogens with zero attached hydrogens (tertiary/aromatic N) is 1. The second-order valence-corrected chi connectivity index (χ2v) is 6.40. The summed E-state index contributed by atoms with van der Waals surface area (Å²) in [6.07, 6.45) is 1.72. The number of ether oxygens (including phenoxy) is 2. The Labute approximate surface area is 164 Å². The van der Waals surface area contributed by atoms with Crippen LogP contribution in [0.2, 0.25) is 0 Å². The lowest BCUT2D eigenvalue weighted by Gasteiger charge is -2.14. The number of hydrogen-bond acceptors (Lipinski definition) is 4. The zero-order chi connectivity index (χ0) is 20.1. The molecule has 0 bridgehead atoms. The van der Waals surface area contributed by atoms with Crippen LogP contribution in [0.3, 0.4) is 0 Å². The van der Waals surface area contributed by atoms with Crippen molar-refractivity contribution in [3.05, 3.63) is 82.6 Å². The van der Waals surface area contributed by atoms with Gasteiger partial charge in [-0.2, -0.15) is 0 Å². The summed E-state index contributed by atoms with van der Waals surface area (Å²) >= 11 is 0. The molecule has 0 atom stereocenters. The molecule has 144 valence electrons. The van der Waals surface area contributed by atoms with Gasteiger partial charge in [-0.3, -0.25) is 4.79 Å². The Kier molecular flexibility index (Phi) is 5.94. The predicted octanol–water partition coefficient (Wildman–Crippen LogP) is 3.96. The number of rotatable bonds is 6. The van der Waals surface area contributed by atoms with Crippen LogP contribution in [-0.4, -0.2) is 30.4 Å². The van der Waals surface area contributed by atoms with Gasteiger partial charge in [-0.15, -0.1) is 0 Å². The third-order valence-electron chi connectivity index (χ3n) is 4.66. The van der Waals surface area contributed by atoms with Gasteiger partial charge >= 0.3 is 5.97 Å². The van der Waals surface area contributed by atoms with Crippen molar-refractivity contribution in [2.24, 2.45) is 0 Å². The first-order valence-electron chi connectivity index (χ1n) is 9.15. The monoisotopic (exact) mass is 377 g/mol. The van der Waals surface area contributed by atoms with Gasteiger partial charge in [0.1, 0.15) is 12.4 Å². The van der Waals surface area contributed by atoms with Crippen LogP contribution in [0.5, 0.6) is 5.75 Å². The molecule has 2 aromatic carbocycles. The van der Waals surface area contributed by atoms with Crippen LogP contribution in [-0.2, 0) is 20.9 Å². The van der Waals surface area contributed by atoms with Gasteiger partial charge in [-0.25, -0.2) is 4.79 Å². The molecule has 0 saturated heterocycles. The summed E-state index contributed by atoms with van der Waals surface area (Å²) in [6.45, 7) is 4.61. The Bertz CT molecular complexity index is 927. The van der Waals surface area contributed by atoms with Crippen molar-refractivity contribution in [1.29, 1.82) is 0 Å². The lowest BCUT2D eigenvalue weighted by molar-refractivity contribution is -0.136. The summed E-state index contributed by atoms with van der Waals surface area (Å²) < 4.78 is 10.7. The van der Waals surface area contributed by atoms with E-state index in [1.54, 1.807) is 17.9 Å². The van der Waals surface area contributed by atoms with Crippen LogP contribution in [0.25, 0.3) is 6.08 Å². The van der Waals surface area contributed by atoms with Crippen molar-refractivity contribution in [3.8, 4) is 5.75 Å². The number of esters is 1. The average Bonchev–Trinajstić information content (AvgIpc) is 2.96. The SMILES string of the molecule is CCN1C(=O)/C(=C\c2ccc(OCc3ccccc3)cc2)C(C(=O)OC)=C1C. The normalized spacial score (nSPS) is 15.3. The minimum Gasteiger partial charge on any atom is -0.489 e. The molecule has 1 amide bonds. The lowest BCUT2D eigenvalue weighted by atomic mass is 10.0. The van der Waals surface area contributed by atoms with E-state index in [1.165, 1.54) is 7.11 Å². The predicted molar refractivity (Wildman–Crippen MR) is 107 cm³/mol. The molecule has 0 aliphatic carbocycles. The van der Waals surface area contributed by atoms with Crippen LogP contribution in [0.4, 0.5) is 0 Å². The maximum Gasteiger partial charge on any atom is 0.340 e. The van der Waals surface area contributed by atoms with Crippen LogP contribution >= 0.6 is 0 Å². The van der Waals surface area contributed by atoms with E-state index in [2.05, 4.69) is 0 Å². The summed E-state index contributed by atoms with van der Waals surface area (Å²) in [7, 11) is 1.32. The Morgan fingerprint density at radius 3 is 2.36 bits per heavy atom. The zero-order valence-electron chi connectivity index (χ0n) is 16.3. The van der Waals surface area contributed by atoms with Gasteiger partial charge in [0.15, 0.2) is 0 Å². The van der Waals surface area contributed by atoms with Gasteiger partial charge in [0.05, 0.1) is 18.3 Å². The topological polar surface area (TPSA) is 55.8 Å². The highest BCUT2D eigenvalue weighted by Gasteiger charge is 2.36. The highest BCUT2D eigenvalue weighted by atomic mass is 16.5. The molecule has 0 unspecified atom stereocenters. The smallest absolute Gasteiger partial charge is 0.340 e. The number of methoxy groups -OCH3 is 1. The van der Waals surface area contributed by atoms with Gasteiger partial charge < -0.3 is 14.4 Å². The van der Waals surface area contributed by atoms with E-state index in [9.17, 15) is 9.59 Å². The summed E-state index contributed by atoms with van der Waals surface area (Å²) in [5.74, 6) is 0.0412. The van der Waals surface area contributed by atoms with Crippen molar-refractivity contribution in [3.63, 3.8) is 0 Å². The second kappa shape index (κ2) is 8.57. The van der Waals surface area contributed by atoms with Gasteiger partial charge in [-0.05, 0) is 43.2 Å². The first-order valence-corrected chi connectivity index (χ1v) is 9.15. The van der Waals surface area contributed by atoms with E-state index >= 15 is 0 Å². The second-order valence-electron chi connectivity index (χ2n) is 6.40. The molecular weight excluding hydrogens is 354 g/mol. The van der Waals surface area contributed by atoms with Crippen LogP contribution < -0.4 is 4.74 Å². The number of likely N-dealkylation sites (N-methyl/N-ethyl adjacent to an activating group) is 1. The maximum atomic E-state index is 12.7. The molecule has 2 aromatic rings. The molecule has 0 N–H and O–H groups in total. The summed E-state index contributed by atoms with van der Waals surface area (Å²) in [4.78, 5) is 26.5. The molecule has 0 saturated carbocycles. The van der Waals surface area contributed by atoms with Crippen molar-refractivity contribution >= 4 is 18.0 Å². The lowest BCUT2D eigenvalue weighted by Crippen LogP contribution is -2.24. The number of benzene rings is 2. The fourth-order valence-electron chi connectivity index (χ4n) is 3.18. The van der Waals surface area contributed by atoms with Gasteiger partial charge in [0, 0.05) is 12.2 Å². The van der Waals surface area contributed by atoms with E-state index in [1.807, 2.05) is 61.5 Å². The number of hydrogen-bond donors (Lipinski definition) is 0. The molecule has 5 nitrogen and oxygen atoms in total. The molecule has 1 aliphatic heterocycles. The highest BCUT2D eigenvalue weighted by Crippen LogP contribution is 2.31. The highest BCUT2D eigenvalue weighted by molar-refractivity contribution is 6.16. The first kappa shape index (κ1) is 19.4. The van der Waals surface area contributed by atoms with E-state index in [0.29, 0.717) is 30.0 Å². The molecule has 5 heteroatoms. The molecule has 28 heavy (non-hydrogen) atoms. The molecule has 0 spiro atoms. The number of carbonyl (C=O) groups is 2. The molecule has 0 radical (unpaired) electrons. The third kappa shape index (κ3) is 3.98. The maximum absolute atomic E-state index is 12.7. The fraction of sp³-hybridized carbons (Fsp3) is 0.217. The van der Waals surface area contributed by atoms with Crippen molar-refractivity contribution in [2.75, 3.05) is 13.7 Å². The third-order valence-corrected chi connectivity index (χ3v) is 4.66. The van der Waals surface area contributed by atoms with Crippen molar-refractivity contribution in [2.45, 2.75) is 20.5 Å². The molecule has 1 heterocycles. The average molecular weight is 377 g/mol. The van der Waals surface area contributed by atoms with Gasteiger partial charge in [0.2, 0.25) is 0 Å². The summed E-state index contributed by atoms with van der Waals surface area (Å²) in [5.41, 5.74) is 3.19. The Morgan fingerprint density at radius 1 is 1.07 bits per heavy atom. The standard InChI is InChI=1S/C23H23NO4/c1-4-24-16(2)21(23(26)27-3)20(22(24)25)14-17-10-12-19(13-11-17)28-15-18-8-6-5-7-9-18/h5-14H,4,15H2,1-3H3/b20-14-. The van der Waals surface area contributed by atoms with E-state index in [4.69, 9.17) is 9.47 Å². The quantitative estimate of drug-likeness (QED) is 0.565. The number of allylic oxidation sites excluding steroid dienone is 1. The molecule has 0 aromatic heterocycles. The van der Waals surface area contributed by atoms with E-state index < -0.39 is 5.97 Å². The Hall–Kier alpha value is -3.34. The summed E-state index contributed by atoms with van der Waals surface area (Å²) in [5, 5.41) is 0. The minimum absolute atomic E-state index is 0.190. The summed E-state index contributed by atoms with van der Waals surface area (Å²) in [6, 6.07) is 17.3. The Morgan fingerprint density at radius 2 is 1.75 bits per heavy atom. The minimum atomic E-state index is -0.504. The van der Waals surface area contributed by atoms with Gasteiger partial charge in [-0.1, -0.05) is 42.5 Å². The van der Waals surface area contributed by atoms with Crippen molar-refractivity contribution in [1.82, 2.24) is 4.90 Å². The number of amides is 1. The van der Waals surface area contributed by atoms with E-state index in [0.717, 1.165) is 16.9 Å². The van der Waals surface area contributed by atoms with Crippen LogP contribution in [0.1, 0.15) is 25.0 Å². The Balaban J connectivity index is 1.80. The zero-order valence-corrected chi connectivity index (χ0v) is 16.3. The largest absolute Gasteiger partial charge is 0.489 e. The molecule has 3 rings (SSSR count).